The maximum absolute atomic E-state index is 12.4. The summed E-state index contributed by atoms with van der Waals surface area (Å²) in [6, 6.07) is 10.8. The van der Waals surface area contributed by atoms with E-state index in [9.17, 15) is 15.2 Å². The van der Waals surface area contributed by atoms with Gasteiger partial charge in [-0.25, -0.2) is 0 Å². The fourth-order valence-corrected chi connectivity index (χ4v) is 3.28. The van der Waals surface area contributed by atoms with Gasteiger partial charge < -0.3 is 10.4 Å². The van der Waals surface area contributed by atoms with Crippen LogP contribution >= 0.6 is 31.9 Å². The zero-order valence-corrected chi connectivity index (χ0v) is 16.2. The molecule has 0 heterocycles. The molecule has 2 rings (SSSR count). The van der Waals surface area contributed by atoms with Crippen LogP contribution in [0.3, 0.4) is 0 Å². The van der Waals surface area contributed by atoms with Gasteiger partial charge in [-0.3, -0.25) is 4.79 Å². The Bertz CT molecular complexity index is 860. The number of nitrogens with zero attached hydrogens (tertiary/aromatic N) is 1. The molecule has 0 aliphatic heterocycles. The molecule has 0 unspecified atom stereocenters. The van der Waals surface area contributed by atoms with Crippen molar-refractivity contribution in [1.82, 2.24) is 0 Å². The number of halogens is 2. The molecule has 0 saturated heterocycles. The normalized spacial score (nSPS) is 11.0. The number of hydrogen-bond donors (Lipinski definition) is 2. The minimum Gasteiger partial charge on any atom is -0.506 e. The Morgan fingerprint density at radius 3 is 2.46 bits per heavy atom. The van der Waals surface area contributed by atoms with Crippen LogP contribution in [0.1, 0.15) is 16.7 Å². The van der Waals surface area contributed by atoms with Crippen molar-refractivity contribution in [3.8, 4) is 11.8 Å². The molecule has 0 aliphatic rings. The van der Waals surface area contributed by atoms with Gasteiger partial charge in [0.1, 0.15) is 17.4 Å². The molecule has 0 fully saturated rings. The van der Waals surface area contributed by atoms with E-state index in [1.54, 1.807) is 18.2 Å². The summed E-state index contributed by atoms with van der Waals surface area (Å²) in [6.45, 7) is 3.87. The van der Waals surface area contributed by atoms with Crippen LogP contribution in [0.15, 0.2) is 44.9 Å². The van der Waals surface area contributed by atoms with E-state index in [2.05, 4.69) is 37.2 Å². The number of phenolic OH excluding ortho intramolecular Hbond substituents is 1. The fraction of sp³-hybridized carbons (Fsp3) is 0.111. The monoisotopic (exact) mass is 448 g/mol. The molecule has 122 valence electrons. The summed E-state index contributed by atoms with van der Waals surface area (Å²) in [5.41, 5.74) is 3.27. The van der Waals surface area contributed by atoms with Gasteiger partial charge in [-0.05, 0) is 86.7 Å². The smallest absolute Gasteiger partial charge is 0.266 e. The van der Waals surface area contributed by atoms with Crippen LogP contribution in [0.4, 0.5) is 5.69 Å². The highest BCUT2D eigenvalue weighted by atomic mass is 79.9. The molecule has 0 aromatic heterocycles. The second-order valence-corrected chi connectivity index (χ2v) is 6.91. The molecule has 24 heavy (non-hydrogen) atoms. The van der Waals surface area contributed by atoms with Crippen molar-refractivity contribution in [3.63, 3.8) is 0 Å². The van der Waals surface area contributed by atoms with Crippen molar-refractivity contribution in [3.05, 3.63) is 61.5 Å². The number of benzene rings is 2. The molecule has 2 N–H and O–H groups in total. The number of phenols is 1. The van der Waals surface area contributed by atoms with Crippen LogP contribution in [0.2, 0.25) is 0 Å². The lowest BCUT2D eigenvalue weighted by Crippen LogP contribution is -2.14. The number of anilines is 1. The highest BCUT2D eigenvalue weighted by Crippen LogP contribution is 2.34. The molecule has 2 aromatic rings. The Hall–Kier alpha value is -2.10. The van der Waals surface area contributed by atoms with Crippen LogP contribution in [0.25, 0.3) is 6.08 Å². The topological polar surface area (TPSA) is 73.1 Å². The van der Waals surface area contributed by atoms with Gasteiger partial charge in [-0.15, -0.1) is 0 Å². The van der Waals surface area contributed by atoms with E-state index in [0.29, 0.717) is 20.2 Å². The molecule has 4 nitrogen and oxygen atoms in total. The number of amides is 1. The van der Waals surface area contributed by atoms with Crippen molar-refractivity contribution >= 4 is 49.5 Å². The summed E-state index contributed by atoms with van der Waals surface area (Å²) in [6.07, 6.45) is 1.47. The van der Waals surface area contributed by atoms with Crippen molar-refractivity contribution in [1.29, 1.82) is 5.26 Å². The number of carbonyl (C=O) groups excluding carboxylic acids is 1. The minimum atomic E-state index is -0.480. The van der Waals surface area contributed by atoms with Crippen LogP contribution in [-0.2, 0) is 4.79 Å². The summed E-state index contributed by atoms with van der Waals surface area (Å²) in [4.78, 5) is 12.4. The van der Waals surface area contributed by atoms with E-state index in [4.69, 9.17) is 0 Å². The molecule has 0 saturated carbocycles. The lowest BCUT2D eigenvalue weighted by molar-refractivity contribution is -0.112. The van der Waals surface area contributed by atoms with Gasteiger partial charge in [0.2, 0.25) is 0 Å². The van der Waals surface area contributed by atoms with Crippen molar-refractivity contribution < 1.29 is 9.90 Å². The standard InChI is InChI=1S/C18H14Br2N2O2/c1-10-4-3-5-16(11(10)2)22-18(24)13(9-21)6-12-7-14(19)17(23)15(20)8-12/h3-8,23H,1-2H3,(H,22,24)/b13-6+. The van der Waals surface area contributed by atoms with Crippen molar-refractivity contribution in [2.24, 2.45) is 0 Å². The predicted molar refractivity (Wildman–Crippen MR) is 102 cm³/mol. The number of carbonyl (C=O) groups is 1. The maximum Gasteiger partial charge on any atom is 0.266 e. The van der Waals surface area contributed by atoms with Crippen LogP contribution in [0, 0.1) is 25.2 Å². The minimum absolute atomic E-state index is 0.0274. The molecule has 0 atom stereocenters. The third-order valence-electron chi connectivity index (χ3n) is 3.57. The Kier molecular flexibility index (Phi) is 5.81. The van der Waals surface area contributed by atoms with Gasteiger partial charge in [0.15, 0.2) is 0 Å². The molecular formula is C18H14Br2N2O2. The lowest BCUT2D eigenvalue weighted by Gasteiger charge is -2.10. The van der Waals surface area contributed by atoms with E-state index in [-0.39, 0.29) is 11.3 Å². The first kappa shape index (κ1) is 18.2. The Labute approximate surface area is 157 Å². The zero-order chi connectivity index (χ0) is 17.9. The third kappa shape index (κ3) is 4.05. The first-order chi connectivity index (χ1) is 11.3. The summed E-state index contributed by atoms with van der Waals surface area (Å²) in [7, 11) is 0. The second-order valence-electron chi connectivity index (χ2n) is 5.20. The van der Waals surface area contributed by atoms with Crippen LogP contribution < -0.4 is 5.32 Å². The number of aromatic hydroxyl groups is 1. The van der Waals surface area contributed by atoms with E-state index in [0.717, 1.165) is 11.1 Å². The zero-order valence-electron chi connectivity index (χ0n) is 13.0. The van der Waals surface area contributed by atoms with Crippen molar-refractivity contribution in [2.75, 3.05) is 5.32 Å². The average Bonchev–Trinajstić information content (AvgIpc) is 2.54. The Morgan fingerprint density at radius 1 is 1.25 bits per heavy atom. The maximum atomic E-state index is 12.4. The number of aryl methyl sites for hydroxylation is 1. The summed E-state index contributed by atoms with van der Waals surface area (Å²) >= 11 is 6.45. The summed E-state index contributed by atoms with van der Waals surface area (Å²) in [5.74, 6) is -0.419. The third-order valence-corrected chi connectivity index (χ3v) is 4.78. The lowest BCUT2D eigenvalue weighted by atomic mass is 10.1. The first-order valence-corrected chi connectivity index (χ1v) is 8.59. The van der Waals surface area contributed by atoms with Crippen LogP contribution in [-0.4, -0.2) is 11.0 Å². The van der Waals surface area contributed by atoms with E-state index >= 15 is 0 Å². The van der Waals surface area contributed by atoms with Gasteiger partial charge in [-0.1, -0.05) is 12.1 Å². The first-order valence-electron chi connectivity index (χ1n) is 7.01. The molecule has 0 radical (unpaired) electrons. The molecule has 6 heteroatoms. The second kappa shape index (κ2) is 7.65. The number of hydrogen-bond acceptors (Lipinski definition) is 3. The average molecular weight is 450 g/mol. The van der Waals surface area contributed by atoms with E-state index < -0.39 is 5.91 Å². The quantitative estimate of drug-likeness (QED) is 0.506. The molecule has 0 spiro atoms. The highest BCUT2D eigenvalue weighted by molar-refractivity contribution is 9.11. The summed E-state index contributed by atoms with van der Waals surface area (Å²) in [5, 5.41) is 21.8. The number of rotatable bonds is 3. The molecule has 0 bridgehead atoms. The van der Waals surface area contributed by atoms with E-state index in [1.807, 2.05) is 32.0 Å². The summed E-state index contributed by atoms with van der Waals surface area (Å²) < 4.78 is 0.936. The Morgan fingerprint density at radius 2 is 1.88 bits per heavy atom. The largest absolute Gasteiger partial charge is 0.506 e. The predicted octanol–water partition coefficient (Wildman–Crippen LogP) is 5.08. The molecule has 1 amide bonds. The fourth-order valence-electron chi connectivity index (χ4n) is 2.06. The number of nitrogens with one attached hydrogen (secondary N) is 1. The van der Waals surface area contributed by atoms with Crippen molar-refractivity contribution in [2.45, 2.75) is 13.8 Å². The van der Waals surface area contributed by atoms with Gasteiger partial charge in [0.25, 0.3) is 5.91 Å². The van der Waals surface area contributed by atoms with Gasteiger partial charge in [0, 0.05) is 5.69 Å². The van der Waals surface area contributed by atoms with Gasteiger partial charge >= 0.3 is 0 Å². The Balaban J connectivity index is 2.33. The molecule has 2 aromatic carbocycles. The van der Waals surface area contributed by atoms with E-state index in [1.165, 1.54) is 6.08 Å². The van der Waals surface area contributed by atoms with Gasteiger partial charge in [-0.2, -0.15) is 5.26 Å². The molecular weight excluding hydrogens is 436 g/mol. The highest BCUT2D eigenvalue weighted by Gasteiger charge is 2.12. The van der Waals surface area contributed by atoms with Gasteiger partial charge in [0.05, 0.1) is 8.95 Å². The molecule has 0 aliphatic carbocycles. The SMILES string of the molecule is Cc1cccc(NC(=O)/C(C#N)=C/c2cc(Br)c(O)c(Br)c2)c1C. The number of nitriles is 1. The van der Waals surface area contributed by atoms with Crippen LogP contribution in [0.5, 0.6) is 5.75 Å².